The minimum atomic E-state index is 0.0125. The molecular formula is C14H21NO2. The largest absolute Gasteiger partial charge is 0.396 e. The van der Waals surface area contributed by atoms with E-state index in [0.29, 0.717) is 13.0 Å². The average Bonchev–Trinajstić information content (AvgIpc) is 2.36. The Kier molecular flexibility index (Phi) is 5.70. The molecule has 1 rings (SSSR count). The lowest BCUT2D eigenvalue weighted by Gasteiger charge is -2.10. The fourth-order valence-corrected chi connectivity index (χ4v) is 1.56. The lowest BCUT2D eigenvalue weighted by atomic mass is 10.1. The van der Waals surface area contributed by atoms with Crippen LogP contribution in [-0.4, -0.2) is 24.2 Å². The molecule has 0 heterocycles. The zero-order chi connectivity index (χ0) is 12.7. The van der Waals surface area contributed by atoms with E-state index in [0.717, 1.165) is 12.0 Å². The van der Waals surface area contributed by atoms with Crippen LogP contribution in [0.25, 0.3) is 0 Å². The van der Waals surface area contributed by atoms with E-state index in [4.69, 9.17) is 5.11 Å². The summed E-state index contributed by atoms with van der Waals surface area (Å²) in [6.07, 6.45) is 1.39. The number of aryl methyl sites for hydroxylation is 1. The highest BCUT2D eigenvalue weighted by Crippen LogP contribution is 2.06. The number of amides is 1. The Hall–Kier alpha value is -1.35. The molecule has 0 bridgehead atoms. The maximum absolute atomic E-state index is 11.6. The number of aliphatic hydroxyl groups is 1. The fourth-order valence-electron chi connectivity index (χ4n) is 1.56. The summed E-state index contributed by atoms with van der Waals surface area (Å²) in [7, 11) is 0. The highest BCUT2D eigenvalue weighted by atomic mass is 16.3. The van der Waals surface area contributed by atoms with Gasteiger partial charge < -0.3 is 10.4 Å². The predicted molar refractivity (Wildman–Crippen MR) is 68.8 cm³/mol. The van der Waals surface area contributed by atoms with Gasteiger partial charge in [0.1, 0.15) is 0 Å². The molecule has 1 amide bonds. The molecule has 2 N–H and O–H groups in total. The van der Waals surface area contributed by atoms with Crippen molar-refractivity contribution in [2.45, 2.75) is 26.7 Å². The molecule has 0 aliphatic heterocycles. The van der Waals surface area contributed by atoms with Gasteiger partial charge >= 0.3 is 0 Å². The van der Waals surface area contributed by atoms with Crippen molar-refractivity contribution in [3.63, 3.8) is 0 Å². The van der Waals surface area contributed by atoms with Crippen LogP contribution >= 0.6 is 0 Å². The molecule has 0 fully saturated rings. The molecule has 1 aromatic carbocycles. The molecular weight excluding hydrogens is 214 g/mol. The van der Waals surface area contributed by atoms with Gasteiger partial charge in [-0.15, -0.1) is 0 Å². The summed E-state index contributed by atoms with van der Waals surface area (Å²) in [4.78, 5) is 11.6. The van der Waals surface area contributed by atoms with Gasteiger partial charge in [-0.25, -0.2) is 0 Å². The van der Waals surface area contributed by atoms with Crippen molar-refractivity contribution in [2.75, 3.05) is 13.2 Å². The Balaban J connectivity index is 2.44. The molecule has 3 nitrogen and oxygen atoms in total. The predicted octanol–water partition coefficient (Wildman–Crippen LogP) is 1.54. The molecule has 1 aromatic rings. The first-order valence-corrected chi connectivity index (χ1v) is 6.11. The monoisotopic (exact) mass is 235 g/mol. The second-order valence-corrected chi connectivity index (χ2v) is 4.44. The highest BCUT2D eigenvalue weighted by molar-refractivity contribution is 5.78. The van der Waals surface area contributed by atoms with Gasteiger partial charge in [-0.05, 0) is 23.5 Å². The Bertz CT molecular complexity index is 363. The normalized spacial score (nSPS) is 12.2. The SMILES string of the molecule is CCc1cccc(CC(=O)NCC(C)CO)c1. The van der Waals surface area contributed by atoms with E-state index < -0.39 is 0 Å². The average molecular weight is 235 g/mol. The second kappa shape index (κ2) is 7.07. The van der Waals surface area contributed by atoms with Gasteiger partial charge in [0.2, 0.25) is 5.91 Å². The molecule has 0 saturated carbocycles. The van der Waals surface area contributed by atoms with Crippen LogP contribution < -0.4 is 5.32 Å². The molecule has 1 unspecified atom stereocenters. The standard InChI is InChI=1S/C14H21NO2/c1-3-12-5-4-6-13(7-12)8-14(17)15-9-11(2)10-16/h4-7,11,16H,3,8-10H2,1-2H3,(H,15,17). The minimum Gasteiger partial charge on any atom is -0.396 e. The number of carbonyl (C=O) groups excluding carboxylic acids is 1. The van der Waals surface area contributed by atoms with Crippen molar-refractivity contribution < 1.29 is 9.90 Å². The van der Waals surface area contributed by atoms with E-state index in [2.05, 4.69) is 24.4 Å². The van der Waals surface area contributed by atoms with Crippen LogP contribution in [0, 0.1) is 5.92 Å². The van der Waals surface area contributed by atoms with E-state index in [1.165, 1.54) is 5.56 Å². The Labute approximate surface area is 103 Å². The van der Waals surface area contributed by atoms with Gasteiger partial charge in [-0.1, -0.05) is 38.1 Å². The first kappa shape index (κ1) is 13.7. The van der Waals surface area contributed by atoms with Gasteiger partial charge in [0.25, 0.3) is 0 Å². The van der Waals surface area contributed by atoms with Crippen LogP contribution in [0.4, 0.5) is 0 Å². The number of nitrogens with one attached hydrogen (secondary N) is 1. The molecule has 0 aromatic heterocycles. The summed E-state index contributed by atoms with van der Waals surface area (Å²) in [5.41, 5.74) is 2.29. The van der Waals surface area contributed by atoms with Crippen LogP contribution in [0.3, 0.4) is 0 Å². The molecule has 0 saturated heterocycles. The Morgan fingerprint density at radius 3 is 2.76 bits per heavy atom. The lowest BCUT2D eigenvalue weighted by Crippen LogP contribution is -2.30. The third-order valence-corrected chi connectivity index (χ3v) is 2.72. The smallest absolute Gasteiger partial charge is 0.224 e. The van der Waals surface area contributed by atoms with E-state index in [9.17, 15) is 4.79 Å². The molecule has 94 valence electrons. The Morgan fingerprint density at radius 1 is 1.41 bits per heavy atom. The number of rotatable bonds is 6. The van der Waals surface area contributed by atoms with Gasteiger partial charge in [-0.2, -0.15) is 0 Å². The van der Waals surface area contributed by atoms with Crippen molar-refractivity contribution in [3.05, 3.63) is 35.4 Å². The van der Waals surface area contributed by atoms with Crippen molar-refractivity contribution >= 4 is 5.91 Å². The van der Waals surface area contributed by atoms with Crippen LogP contribution in [0.15, 0.2) is 24.3 Å². The molecule has 17 heavy (non-hydrogen) atoms. The third-order valence-electron chi connectivity index (χ3n) is 2.72. The van der Waals surface area contributed by atoms with E-state index in [1.54, 1.807) is 0 Å². The summed E-state index contributed by atoms with van der Waals surface area (Å²) in [5.74, 6) is 0.125. The van der Waals surface area contributed by atoms with Gasteiger partial charge in [0.05, 0.1) is 6.42 Å². The number of carbonyl (C=O) groups is 1. The highest BCUT2D eigenvalue weighted by Gasteiger charge is 2.05. The van der Waals surface area contributed by atoms with Crippen molar-refractivity contribution in [1.29, 1.82) is 0 Å². The molecule has 0 spiro atoms. The summed E-state index contributed by atoms with van der Waals surface area (Å²) in [6.45, 7) is 4.63. The summed E-state index contributed by atoms with van der Waals surface area (Å²) in [6, 6.07) is 8.08. The maximum atomic E-state index is 11.6. The summed E-state index contributed by atoms with van der Waals surface area (Å²) < 4.78 is 0. The topological polar surface area (TPSA) is 49.3 Å². The number of hydrogen-bond acceptors (Lipinski definition) is 2. The molecule has 0 radical (unpaired) electrons. The molecule has 1 atom stereocenters. The summed E-state index contributed by atoms with van der Waals surface area (Å²) in [5, 5.41) is 11.7. The zero-order valence-electron chi connectivity index (χ0n) is 10.6. The van der Waals surface area contributed by atoms with E-state index in [-0.39, 0.29) is 18.4 Å². The minimum absolute atomic E-state index is 0.0125. The maximum Gasteiger partial charge on any atom is 0.224 e. The molecule has 3 heteroatoms. The molecule has 0 aliphatic carbocycles. The zero-order valence-corrected chi connectivity index (χ0v) is 10.6. The van der Waals surface area contributed by atoms with Gasteiger partial charge in [0, 0.05) is 13.2 Å². The fraction of sp³-hybridized carbons (Fsp3) is 0.500. The van der Waals surface area contributed by atoms with Gasteiger partial charge in [-0.3, -0.25) is 4.79 Å². The van der Waals surface area contributed by atoms with Crippen molar-refractivity contribution in [2.24, 2.45) is 5.92 Å². The van der Waals surface area contributed by atoms with Crippen LogP contribution in [0.5, 0.6) is 0 Å². The quantitative estimate of drug-likeness (QED) is 0.785. The second-order valence-electron chi connectivity index (χ2n) is 4.44. The number of hydrogen-bond donors (Lipinski definition) is 2. The van der Waals surface area contributed by atoms with Gasteiger partial charge in [0.15, 0.2) is 0 Å². The van der Waals surface area contributed by atoms with Crippen LogP contribution in [0.2, 0.25) is 0 Å². The summed E-state index contributed by atoms with van der Waals surface area (Å²) >= 11 is 0. The third kappa shape index (κ3) is 5.00. The van der Waals surface area contributed by atoms with Crippen molar-refractivity contribution in [3.8, 4) is 0 Å². The van der Waals surface area contributed by atoms with Crippen molar-refractivity contribution in [1.82, 2.24) is 5.32 Å². The first-order chi connectivity index (χ1) is 8.15. The Morgan fingerprint density at radius 2 is 2.12 bits per heavy atom. The number of benzene rings is 1. The lowest BCUT2D eigenvalue weighted by molar-refractivity contribution is -0.120. The van der Waals surface area contributed by atoms with E-state index in [1.807, 2.05) is 19.1 Å². The van der Waals surface area contributed by atoms with Crippen LogP contribution in [-0.2, 0) is 17.6 Å². The first-order valence-electron chi connectivity index (χ1n) is 6.11. The van der Waals surface area contributed by atoms with Crippen LogP contribution in [0.1, 0.15) is 25.0 Å². The number of aliphatic hydroxyl groups excluding tert-OH is 1. The van der Waals surface area contributed by atoms with E-state index >= 15 is 0 Å². The molecule has 0 aliphatic rings.